The zero-order chi connectivity index (χ0) is 9.94. The van der Waals surface area contributed by atoms with Crippen LogP contribution in [0, 0.1) is 5.92 Å². The monoisotopic (exact) mass is 205 g/mol. The molecule has 13 heavy (non-hydrogen) atoms. The van der Waals surface area contributed by atoms with Crippen molar-refractivity contribution in [2.24, 2.45) is 5.92 Å². The summed E-state index contributed by atoms with van der Waals surface area (Å²) in [6.45, 7) is 7.37. The SMILES string of the molecule is CSNCCCOCCCC(C)C. The van der Waals surface area contributed by atoms with E-state index in [4.69, 9.17) is 4.74 Å². The predicted molar refractivity (Wildman–Crippen MR) is 61.0 cm³/mol. The van der Waals surface area contributed by atoms with E-state index in [0.29, 0.717) is 0 Å². The largest absolute Gasteiger partial charge is 0.381 e. The molecule has 0 aromatic heterocycles. The molecular weight excluding hydrogens is 182 g/mol. The lowest BCUT2D eigenvalue weighted by Crippen LogP contribution is -2.08. The second-order valence-electron chi connectivity index (χ2n) is 3.60. The van der Waals surface area contributed by atoms with Gasteiger partial charge in [0.2, 0.25) is 0 Å². The summed E-state index contributed by atoms with van der Waals surface area (Å²) in [6.07, 6.45) is 5.64. The first-order chi connectivity index (χ1) is 6.27. The molecule has 2 nitrogen and oxygen atoms in total. The molecule has 0 aliphatic rings. The van der Waals surface area contributed by atoms with Crippen molar-refractivity contribution in [3.05, 3.63) is 0 Å². The molecule has 0 saturated heterocycles. The van der Waals surface area contributed by atoms with Gasteiger partial charge in [-0.1, -0.05) is 25.8 Å². The smallest absolute Gasteiger partial charge is 0.0478 e. The van der Waals surface area contributed by atoms with Gasteiger partial charge in [0.05, 0.1) is 0 Å². The molecule has 0 aliphatic carbocycles. The van der Waals surface area contributed by atoms with E-state index in [9.17, 15) is 0 Å². The standard InChI is InChI=1S/C10H23NOS/c1-10(2)6-4-8-12-9-5-7-11-13-3/h10-11H,4-9H2,1-3H3. The van der Waals surface area contributed by atoms with Crippen LogP contribution in [0.25, 0.3) is 0 Å². The highest BCUT2D eigenvalue weighted by Gasteiger charge is 1.93. The van der Waals surface area contributed by atoms with E-state index in [-0.39, 0.29) is 0 Å². The Kier molecular flexibility index (Phi) is 10.6. The normalized spacial score (nSPS) is 11.1. The minimum Gasteiger partial charge on any atom is -0.381 e. The Morgan fingerprint density at radius 1 is 1.23 bits per heavy atom. The van der Waals surface area contributed by atoms with Gasteiger partial charge in [0, 0.05) is 19.8 Å². The van der Waals surface area contributed by atoms with Crippen molar-refractivity contribution in [1.29, 1.82) is 0 Å². The summed E-state index contributed by atoms with van der Waals surface area (Å²) >= 11 is 1.67. The lowest BCUT2D eigenvalue weighted by Gasteiger charge is -2.05. The minimum atomic E-state index is 0.807. The first-order valence-electron chi connectivity index (χ1n) is 5.11. The summed E-state index contributed by atoms with van der Waals surface area (Å²) in [5.74, 6) is 0.807. The highest BCUT2D eigenvalue weighted by molar-refractivity contribution is 7.96. The minimum absolute atomic E-state index is 0.807. The molecule has 0 atom stereocenters. The van der Waals surface area contributed by atoms with Crippen LogP contribution in [0.1, 0.15) is 33.1 Å². The third-order valence-electron chi connectivity index (χ3n) is 1.78. The molecule has 0 rings (SSSR count). The topological polar surface area (TPSA) is 21.3 Å². The molecule has 0 fully saturated rings. The fourth-order valence-electron chi connectivity index (χ4n) is 1.04. The van der Waals surface area contributed by atoms with Crippen LogP contribution in [0.4, 0.5) is 0 Å². The Labute approximate surface area is 86.9 Å². The zero-order valence-corrected chi connectivity index (χ0v) is 9.95. The van der Waals surface area contributed by atoms with E-state index in [0.717, 1.165) is 32.1 Å². The quantitative estimate of drug-likeness (QED) is 0.462. The van der Waals surface area contributed by atoms with Gasteiger partial charge in [-0.05, 0) is 31.4 Å². The number of rotatable bonds is 9. The van der Waals surface area contributed by atoms with Crippen LogP contribution in [0.15, 0.2) is 0 Å². The maximum Gasteiger partial charge on any atom is 0.0478 e. The van der Waals surface area contributed by atoms with E-state index in [1.165, 1.54) is 12.8 Å². The van der Waals surface area contributed by atoms with Gasteiger partial charge in [-0.15, -0.1) is 0 Å². The van der Waals surface area contributed by atoms with Crippen LogP contribution >= 0.6 is 11.9 Å². The first kappa shape index (κ1) is 13.3. The van der Waals surface area contributed by atoms with Crippen molar-refractivity contribution in [1.82, 2.24) is 4.72 Å². The van der Waals surface area contributed by atoms with Gasteiger partial charge >= 0.3 is 0 Å². The summed E-state index contributed by atoms with van der Waals surface area (Å²) in [7, 11) is 0. The van der Waals surface area contributed by atoms with Gasteiger partial charge in [0.1, 0.15) is 0 Å². The molecule has 0 saturated carbocycles. The van der Waals surface area contributed by atoms with Crippen LogP contribution < -0.4 is 4.72 Å². The van der Waals surface area contributed by atoms with Gasteiger partial charge in [0.25, 0.3) is 0 Å². The summed E-state index contributed by atoms with van der Waals surface area (Å²) in [5, 5.41) is 0. The summed E-state index contributed by atoms with van der Waals surface area (Å²) in [6, 6.07) is 0. The molecule has 0 aliphatic heterocycles. The molecule has 80 valence electrons. The maximum absolute atomic E-state index is 5.48. The Hall–Kier alpha value is 0.270. The van der Waals surface area contributed by atoms with Crippen molar-refractivity contribution in [3.8, 4) is 0 Å². The average Bonchev–Trinajstić information content (AvgIpc) is 2.09. The van der Waals surface area contributed by atoms with Crippen LogP contribution in [0.2, 0.25) is 0 Å². The fourth-order valence-corrected chi connectivity index (χ4v) is 1.39. The van der Waals surface area contributed by atoms with E-state index >= 15 is 0 Å². The molecule has 0 aromatic rings. The third kappa shape index (κ3) is 12.3. The lowest BCUT2D eigenvalue weighted by atomic mass is 10.1. The molecule has 0 amide bonds. The third-order valence-corrected chi connectivity index (χ3v) is 2.27. The van der Waals surface area contributed by atoms with E-state index in [1.807, 2.05) is 6.26 Å². The van der Waals surface area contributed by atoms with E-state index < -0.39 is 0 Å². The van der Waals surface area contributed by atoms with Crippen LogP contribution in [0.5, 0.6) is 0 Å². The Morgan fingerprint density at radius 3 is 2.54 bits per heavy atom. The van der Waals surface area contributed by atoms with E-state index in [1.54, 1.807) is 11.9 Å². The number of hydrogen-bond donors (Lipinski definition) is 1. The second-order valence-corrected chi connectivity index (χ2v) is 4.30. The molecule has 0 unspecified atom stereocenters. The van der Waals surface area contributed by atoms with E-state index in [2.05, 4.69) is 18.6 Å². The van der Waals surface area contributed by atoms with Gasteiger partial charge in [-0.3, -0.25) is 4.72 Å². The van der Waals surface area contributed by atoms with Crippen molar-refractivity contribution in [2.45, 2.75) is 33.1 Å². The molecule has 1 N–H and O–H groups in total. The molecule has 0 aromatic carbocycles. The maximum atomic E-state index is 5.48. The first-order valence-corrected chi connectivity index (χ1v) is 6.33. The number of nitrogens with one attached hydrogen (secondary N) is 1. The summed E-state index contributed by atoms with van der Waals surface area (Å²) in [5.41, 5.74) is 0. The molecular formula is C10H23NOS. The zero-order valence-electron chi connectivity index (χ0n) is 9.14. The van der Waals surface area contributed by atoms with Crippen molar-refractivity contribution < 1.29 is 4.74 Å². The van der Waals surface area contributed by atoms with Gasteiger partial charge < -0.3 is 4.74 Å². The Morgan fingerprint density at radius 2 is 1.92 bits per heavy atom. The fraction of sp³-hybridized carbons (Fsp3) is 1.00. The average molecular weight is 205 g/mol. The molecule has 0 radical (unpaired) electrons. The van der Waals surface area contributed by atoms with Crippen molar-refractivity contribution >= 4 is 11.9 Å². The molecule has 0 heterocycles. The van der Waals surface area contributed by atoms with Gasteiger partial charge in [0.15, 0.2) is 0 Å². The van der Waals surface area contributed by atoms with Gasteiger partial charge in [-0.2, -0.15) is 0 Å². The number of hydrogen-bond acceptors (Lipinski definition) is 3. The van der Waals surface area contributed by atoms with Gasteiger partial charge in [-0.25, -0.2) is 0 Å². The molecule has 0 spiro atoms. The Balaban J connectivity index is 2.84. The predicted octanol–water partition coefficient (Wildman–Crippen LogP) is 2.70. The molecule has 0 bridgehead atoms. The Bertz CT molecular complexity index is 98.9. The lowest BCUT2D eigenvalue weighted by molar-refractivity contribution is 0.126. The second kappa shape index (κ2) is 10.4. The highest BCUT2D eigenvalue weighted by atomic mass is 32.2. The van der Waals surface area contributed by atoms with Crippen LogP contribution in [-0.4, -0.2) is 26.0 Å². The summed E-state index contributed by atoms with van der Waals surface area (Å²) in [4.78, 5) is 0. The number of ether oxygens (including phenoxy) is 1. The van der Waals surface area contributed by atoms with Crippen molar-refractivity contribution in [2.75, 3.05) is 26.0 Å². The van der Waals surface area contributed by atoms with Crippen LogP contribution in [0.3, 0.4) is 0 Å². The van der Waals surface area contributed by atoms with Crippen molar-refractivity contribution in [3.63, 3.8) is 0 Å². The van der Waals surface area contributed by atoms with Crippen LogP contribution in [-0.2, 0) is 4.74 Å². The summed E-state index contributed by atoms with van der Waals surface area (Å²) < 4.78 is 8.68. The highest BCUT2D eigenvalue weighted by Crippen LogP contribution is 2.03. The molecule has 3 heteroatoms.